The van der Waals surface area contributed by atoms with Gasteiger partial charge in [-0.1, -0.05) is 23.8 Å². The summed E-state index contributed by atoms with van der Waals surface area (Å²) in [4.78, 5) is 35.2. The number of rotatable bonds is 6. The van der Waals surface area contributed by atoms with Gasteiger partial charge in [0.05, 0.1) is 0 Å². The van der Waals surface area contributed by atoms with Gasteiger partial charge in [-0.3, -0.25) is 25.2 Å². The third-order valence-corrected chi connectivity index (χ3v) is 3.89. The molecule has 0 saturated carbocycles. The van der Waals surface area contributed by atoms with Gasteiger partial charge in [0, 0.05) is 30.7 Å². The molecule has 28 heavy (non-hydrogen) atoms. The number of nitrogens with zero attached hydrogens (tertiary/aromatic N) is 3. The third kappa shape index (κ3) is 5.13. The van der Waals surface area contributed by atoms with Crippen molar-refractivity contribution in [1.82, 2.24) is 25.6 Å². The molecule has 2 heterocycles. The number of carbonyl (C=O) groups excluding carboxylic acids is 2. The van der Waals surface area contributed by atoms with Crippen molar-refractivity contribution in [2.24, 2.45) is 0 Å². The van der Waals surface area contributed by atoms with E-state index in [-0.39, 0.29) is 24.9 Å². The topological polar surface area (TPSA) is 119 Å². The molecule has 9 heteroatoms. The molecule has 2 N–H and O–H groups in total. The number of hydrogen-bond acceptors (Lipinski definition) is 6. The fourth-order valence-electron chi connectivity index (χ4n) is 2.38. The zero-order valence-corrected chi connectivity index (χ0v) is 15.2. The lowest BCUT2D eigenvalue weighted by Gasteiger charge is -2.08. The predicted molar refractivity (Wildman–Crippen MR) is 99.8 cm³/mol. The summed E-state index contributed by atoms with van der Waals surface area (Å²) in [5.41, 5.74) is 6.19. The highest BCUT2D eigenvalue weighted by Crippen LogP contribution is 2.18. The molecule has 0 aliphatic carbocycles. The number of aromatic nitrogens is 3. The van der Waals surface area contributed by atoms with E-state index in [9.17, 15) is 14.4 Å². The first-order valence-electron chi connectivity index (χ1n) is 8.64. The summed E-state index contributed by atoms with van der Waals surface area (Å²) in [7, 11) is 0. The normalized spacial score (nSPS) is 10.5. The fraction of sp³-hybridized carbons (Fsp3) is 0.211. The Labute approximate surface area is 160 Å². The molecule has 2 amide bonds. The van der Waals surface area contributed by atoms with Crippen LogP contribution in [-0.2, 0) is 22.6 Å². The van der Waals surface area contributed by atoms with Crippen molar-refractivity contribution in [2.45, 2.75) is 26.3 Å². The van der Waals surface area contributed by atoms with Crippen LogP contribution in [0.1, 0.15) is 17.9 Å². The van der Waals surface area contributed by atoms with Crippen molar-refractivity contribution in [1.29, 1.82) is 0 Å². The molecule has 0 bridgehead atoms. The maximum atomic E-state index is 11.9. The summed E-state index contributed by atoms with van der Waals surface area (Å²) in [5, 5.41) is 7.90. The molecule has 144 valence electrons. The van der Waals surface area contributed by atoms with Gasteiger partial charge in [0.2, 0.25) is 17.7 Å². The van der Waals surface area contributed by atoms with Crippen LogP contribution in [-0.4, -0.2) is 26.6 Å². The van der Waals surface area contributed by atoms with Crippen LogP contribution < -0.4 is 16.4 Å². The second-order valence-corrected chi connectivity index (χ2v) is 6.13. The number of pyridine rings is 1. The largest absolute Gasteiger partial charge is 0.421 e. The lowest BCUT2D eigenvalue weighted by atomic mass is 10.1. The quantitative estimate of drug-likeness (QED) is 0.615. The van der Waals surface area contributed by atoms with Crippen LogP contribution in [0.4, 0.5) is 0 Å². The van der Waals surface area contributed by atoms with E-state index in [0.717, 1.165) is 11.1 Å². The van der Waals surface area contributed by atoms with Crippen molar-refractivity contribution in [3.8, 4) is 11.5 Å². The van der Waals surface area contributed by atoms with Crippen molar-refractivity contribution in [3.63, 3.8) is 0 Å². The lowest BCUT2D eigenvalue weighted by molar-refractivity contribution is -0.129. The van der Waals surface area contributed by atoms with E-state index < -0.39 is 11.8 Å². The van der Waals surface area contributed by atoms with Crippen LogP contribution in [0.25, 0.3) is 11.5 Å². The molecule has 0 spiro atoms. The zero-order valence-electron chi connectivity index (χ0n) is 15.2. The minimum Gasteiger partial charge on any atom is -0.421 e. The second kappa shape index (κ2) is 8.76. The second-order valence-electron chi connectivity index (χ2n) is 6.13. The van der Waals surface area contributed by atoms with Gasteiger partial charge in [-0.2, -0.15) is 0 Å². The lowest BCUT2D eigenvalue weighted by Crippen LogP contribution is -2.44. The van der Waals surface area contributed by atoms with Crippen LogP contribution in [0.15, 0.2) is 57.9 Å². The van der Waals surface area contributed by atoms with E-state index in [0.29, 0.717) is 11.8 Å². The third-order valence-electron chi connectivity index (χ3n) is 3.89. The Bertz CT molecular complexity index is 1020. The molecule has 0 saturated heterocycles. The minimum absolute atomic E-state index is 0.0566. The number of aryl methyl sites for hydroxylation is 2. The Hall–Kier alpha value is -3.75. The highest BCUT2D eigenvalue weighted by atomic mass is 16.4. The van der Waals surface area contributed by atoms with Crippen LogP contribution in [0.3, 0.4) is 0 Å². The summed E-state index contributed by atoms with van der Waals surface area (Å²) >= 11 is 0. The Morgan fingerprint density at radius 3 is 2.54 bits per heavy atom. The maximum absolute atomic E-state index is 11.9. The molecule has 0 radical (unpaired) electrons. The summed E-state index contributed by atoms with van der Waals surface area (Å²) in [5.74, 6) is -0.213. The number of hydrogen-bond donors (Lipinski definition) is 2. The summed E-state index contributed by atoms with van der Waals surface area (Å²) in [6.45, 7) is 1.79. The standard InChI is InChI=1S/C19H19N5O4/c1-13-5-7-14(8-6-13)19-23-22-17(28-19)10-9-15(25)20-21-16(26)12-24-11-3-2-4-18(24)27/h2-8,11H,9-10,12H2,1H3,(H,20,25)(H,21,26). The first kappa shape index (κ1) is 19.0. The predicted octanol–water partition coefficient (Wildman–Crippen LogP) is 0.987. The van der Waals surface area contributed by atoms with E-state index in [1.807, 2.05) is 31.2 Å². The van der Waals surface area contributed by atoms with Gasteiger partial charge in [-0.25, -0.2) is 0 Å². The summed E-state index contributed by atoms with van der Waals surface area (Å²) in [6.07, 6.45) is 1.78. The Balaban J connectivity index is 1.44. The van der Waals surface area contributed by atoms with E-state index in [1.54, 1.807) is 12.1 Å². The Kier molecular flexibility index (Phi) is 5.95. The first-order chi connectivity index (χ1) is 13.5. The fourth-order valence-corrected chi connectivity index (χ4v) is 2.38. The molecule has 3 rings (SSSR count). The van der Waals surface area contributed by atoms with Crippen molar-refractivity contribution < 1.29 is 14.0 Å². The molecule has 1 aromatic carbocycles. The van der Waals surface area contributed by atoms with E-state index in [2.05, 4.69) is 21.0 Å². The van der Waals surface area contributed by atoms with Gasteiger partial charge < -0.3 is 8.98 Å². The Morgan fingerprint density at radius 2 is 1.79 bits per heavy atom. The smallest absolute Gasteiger partial charge is 0.258 e. The number of hydrazine groups is 1. The van der Waals surface area contributed by atoms with E-state index in [4.69, 9.17) is 4.42 Å². The molecule has 9 nitrogen and oxygen atoms in total. The van der Waals surface area contributed by atoms with Gasteiger partial charge in [0.25, 0.3) is 11.5 Å². The van der Waals surface area contributed by atoms with Crippen molar-refractivity contribution in [3.05, 3.63) is 70.5 Å². The monoisotopic (exact) mass is 381 g/mol. The van der Waals surface area contributed by atoms with Gasteiger partial charge in [-0.05, 0) is 25.1 Å². The molecular weight excluding hydrogens is 362 g/mol. The molecular formula is C19H19N5O4. The highest BCUT2D eigenvalue weighted by Gasteiger charge is 2.11. The number of carbonyl (C=O) groups is 2. The average molecular weight is 381 g/mol. The molecule has 3 aromatic rings. The number of benzene rings is 1. The van der Waals surface area contributed by atoms with Crippen LogP contribution in [0, 0.1) is 6.92 Å². The van der Waals surface area contributed by atoms with Crippen molar-refractivity contribution >= 4 is 11.8 Å². The van der Waals surface area contributed by atoms with E-state index in [1.165, 1.54) is 16.8 Å². The molecule has 0 aliphatic rings. The van der Waals surface area contributed by atoms with Crippen LogP contribution >= 0.6 is 0 Å². The number of nitrogens with one attached hydrogen (secondary N) is 2. The zero-order chi connectivity index (χ0) is 19.9. The first-order valence-corrected chi connectivity index (χ1v) is 8.64. The van der Waals surface area contributed by atoms with Gasteiger partial charge >= 0.3 is 0 Å². The van der Waals surface area contributed by atoms with E-state index >= 15 is 0 Å². The van der Waals surface area contributed by atoms with Crippen LogP contribution in [0.5, 0.6) is 0 Å². The summed E-state index contributed by atoms with van der Waals surface area (Å²) < 4.78 is 6.78. The molecule has 0 aliphatic heterocycles. The van der Waals surface area contributed by atoms with Gasteiger partial charge in [-0.15, -0.1) is 10.2 Å². The van der Waals surface area contributed by atoms with Crippen LogP contribution in [0.2, 0.25) is 0 Å². The molecule has 0 atom stereocenters. The summed E-state index contributed by atoms with van der Waals surface area (Å²) in [6, 6.07) is 12.2. The van der Waals surface area contributed by atoms with Crippen molar-refractivity contribution in [2.75, 3.05) is 0 Å². The molecule has 2 aromatic heterocycles. The number of amides is 2. The average Bonchev–Trinajstić information content (AvgIpc) is 3.16. The van der Waals surface area contributed by atoms with Gasteiger partial charge in [0.15, 0.2) is 0 Å². The molecule has 0 fully saturated rings. The van der Waals surface area contributed by atoms with Gasteiger partial charge in [0.1, 0.15) is 6.54 Å². The Morgan fingerprint density at radius 1 is 1.04 bits per heavy atom. The minimum atomic E-state index is -0.513. The highest BCUT2D eigenvalue weighted by molar-refractivity contribution is 5.81. The SMILES string of the molecule is Cc1ccc(-c2nnc(CCC(=O)NNC(=O)Cn3ccccc3=O)o2)cc1. The maximum Gasteiger partial charge on any atom is 0.258 e. The molecule has 0 unspecified atom stereocenters.